The summed E-state index contributed by atoms with van der Waals surface area (Å²) in [6.45, 7) is 4.95. The Kier molecular flexibility index (Phi) is 4.95. The van der Waals surface area contributed by atoms with Gasteiger partial charge in [-0.3, -0.25) is 9.69 Å². The molecular formula is C15H18FN3OS2. The minimum Gasteiger partial charge on any atom is -0.344 e. The number of carbonyl (C=O) groups is 1. The van der Waals surface area contributed by atoms with Gasteiger partial charge < -0.3 is 9.80 Å². The van der Waals surface area contributed by atoms with Crippen LogP contribution in [0.15, 0.2) is 24.3 Å². The van der Waals surface area contributed by atoms with E-state index in [0.29, 0.717) is 18.7 Å². The lowest BCUT2D eigenvalue weighted by atomic mass is 10.2. The molecule has 2 aliphatic rings. The van der Waals surface area contributed by atoms with E-state index in [1.165, 1.54) is 12.1 Å². The monoisotopic (exact) mass is 339 g/mol. The van der Waals surface area contributed by atoms with Crippen molar-refractivity contribution in [1.29, 1.82) is 0 Å². The Bertz CT molecular complexity index is 558. The van der Waals surface area contributed by atoms with E-state index in [1.807, 2.05) is 4.90 Å². The van der Waals surface area contributed by atoms with Crippen molar-refractivity contribution in [3.63, 3.8) is 0 Å². The van der Waals surface area contributed by atoms with Gasteiger partial charge in [-0.05, 0) is 24.3 Å². The van der Waals surface area contributed by atoms with E-state index >= 15 is 0 Å². The first-order chi connectivity index (χ1) is 10.6. The van der Waals surface area contributed by atoms with E-state index in [1.54, 1.807) is 23.9 Å². The maximum Gasteiger partial charge on any atom is 0.253 e. The van der Waals surface area contributed by atoms with Crippen molar-refractivity contribution in [1.82, 2.24) is 14.7 Å². The summed E-state index contributed by atoms with van der Waals surface area (Å²) < 4.78 is 13.9. The molecule has 0 bridgehead atoms. The van der Waals surface area contributed by atoms with Crippen LogP contribution < -0.4 is 0 Å². The summed E-state index contributed by atoms with van der Waals surface area (Å²) in [6.07, 6.45) is 0. The molecular weight excluding hydrogens is 321 g/mol. The molecule has 2 heterocycles. The molecule has 1 aromatic rings. The summed E-state index contributed by atoms with van der Waals surface area (Å²) in [4.78, 5) is 18.7. The van der Waals surface area contributed by atoms with Crippen LogP contribution >= 0.6 is 24.0 Å². The Morgan fingerprint density at radius 2 is 1.82 bits per heavy atom. The van der Waals surface area contributed by atoms with Gasteiger partial charge in [0.1, 0.15) is 10.1 Å². The predicted molar refractivity (Wildman–Crippen MR) is 90.5 cm³/mol. The number of thiocarbonyl (C=S) groups is 1. The van der Waals surface area contributed by atoms with Crippen molar-refractivity contribution in [3.05, 3.63) is 35.6 Å². The number of amides is 1. The lowest BCUT2D eigenvalue weighted by Crippen LogP contribution is -2.51. The Morgan fingerprint density at radius 1 is 1.14 bits per heavy atom. The third-order valence-electron chi connectivity index (χ3n) is 3.97. The third kappa shape index (κ3) is 3.59. The highest BCUT2D eigenvalue weighted by Gasteiger charge is 2.25. The standard InChI is InChI=1S/C15H18FN3OS2/c16-13-3-1-12(2-4-13)14(20)18-7-5-17(6-8-18)11-19-9-10-22-15(19)21/h1-4H,5-11H2. The number of thioether (sulfide) groups is 1. The molecule has 0 spiro atoms. The average molecular weight is 339 g/mol. The topological polar surface area (TPSA) is 26.8 Å². The molecule has 1 amide bonds. The van der Waals surface area contributed by atoms with E-state index in [0.717, 1.165) is 36.4 Å². The summed E-state index contributed by atoms with van der Waals surface area (Å²) in [5.74, 6) is 0.731. The van der Waals surface area contributed by atoms with Crippen LogP contribution in [0.3, 0.4) is 0 Å². The number of nitrogens with zero attached hydrogens (tertiary/aromatic N) is 3. The minimum absolute atomic E-state index is 0.0214. The zero-order valence-electron chi connectivity index (χ0n) is 12.2. The van der Waals surface area contributed by atoms with Gasteiger partial charge in [-0.1, -0.05) is 24.0 Å². The van der Waals surface area contributed by atoms with Crippen LogP contribution in [0.2, 0.25) is 0 Å². The summed E-state index contributed by atoms with van der Waals surface area (Å²) >= 11 is 7.05. The molecule has 0 N–H and O–H groups in total. The maximum atomic E-state index is 12.9. The summed E-state index contributed by atoms with van der Waals surface area (Å²) in [7, 11) is 0. The second kappa shape index (κ2) is 6.93. The van der Waals surface area contributed by atoms with Crippen molar-refractivity contribution in [2.75, 3.05) is 45.1 Å². The van der Waals surface area contributed by atoms with Gasteiger partial charge in [0.15, 0.2) is 0 Å². The van der Waals surface area contributed by atoms with Crippen LogP contribution in [0, 0.1) is 5.82 Å². The molecule has 2 saturated heterocycles. The van der Waals surface area contributed by atoms with Crippen LogP contribution in [0.5, 0.6) is 0 Å². The molecule has 0 aromatic heterocycles. The summed E-state index contributed by atoms with van der Waals surface area (Å²) in [5, 5.41) is 0. The molecule has 2 aliphatic heterocycles. The van der Waals surface area contributed by atoms with Crippen molar-refractivity contribution in [2.45, 2.75) is 0 Å². The van der Waals surface area contributed by atoms with Gasteiger partial charge in [-0.15, -0.1) is 0 Å². The van der Waals surface area contributed by atoms with E-state index < -0.39 is 0 Å². The second-order valence-electron chi connectivity index (χ2n) is 5.44. The summed E-state index contributed by atoms with van der Waals surface area (Å²) in [6, 6.07) is 5.75. The molecule has 0 radical (unpaired) electrons. The second-order valence-corrected chi connectivity index (χ2v) is 7.17. The predicted octanol–water partition coefficient (Wildman–Crippen LogP) is 1.87. The Morgan fingerprint density at radius 3 is 2.41 bits per heavy atom. The molecule has 0 aliphatic carbocycles. The molecule has 0 atom stereocenters. The fourth-order valence-electron chi connectivity index (χ4n) is 2.66. The van der Waals surface area contributed by atoms with Crippen LogP contribution in [0.4, 0.5) is 4.39 Å². The number of benzene rings is 1. The van der Waals surface area contributed by atoms with Gasteiger partial charge >= 0.3 is 0 Å². The van der Waals surface area contributed by atoms with Gasteiger partial charge in [-0.2, -0.15) is 0 Å². The van der Waals surface area contributed by atoms with Crippen molar-refractivity contribution in [3.8, 4) is 0 Å². The lowest BCUT2D eigenvalue weighted by molar-refractivity contribution is 0.0590. The van der Waals surface area contributed by atoms with E-state index in [2.05, 4.69) is 9.80 Å². The average Bonchev–Trinajstić information content (AvgIpc) is 2.93. The first kappa shape index (κ1) is 15.7. The zero-order chi connectivity index (χ0) is 15.5. The fourth-order valence-corrected chi connectivity index (χ4v) is 3.88. The molecule has 2 fully saturated rings. The number of rotatable bonds is 3. The Hall–Kier alpha value is -1.18. The number of halogens is 1. The third-order valence-corrected chi connectivity index (χ3v) is 5.47. The number of hydrogen-bond donors (Lipinski definition) is 0. The van der Waals surface area contributed by atoms with Crippen molar-refractivity contribution >= 4 is 34.2 Å². The highest BCUT2D eigenvalue weighted by atomic mass is 32.2. The Labute approximate surface area is 139 Å². The lowest BCUT2D eigenvalue weighted by Gasteiger charge is -2.36. The quantitative estimate of drug-likeness (QED) is 0.784. The molecule has 0 saturated carbocycles. The fraction of sp³-hybridized carbons (Fsp3) is 0.467. The van der Waals surface area contributed by atoms with E-state index in [4.69, 9.17) is 12.2 Å². The zero-order valence-corrected chi connectivity index (χ0v) is 13.8. The smallest absolute Gasteiger partial charge is 0.253 e. The van der Waals surface area contributed by atoms with E-state index in [9.17, 15) is 9.18 Å². The van der Waals surface area contributed by atoms with Crippen molar-refractivity contribution < 1.29 is 9.18 Å². The molecule has 118 valence electrons. The molecule has 0 unspecified atom stereocenters. The SMILES string of the molecule is O=C(c1ccc(F)cc1)N1CCN(CN2CCSC2=S)CC1. The molecule has 3 rings (SSSR count). The normalized spacial score (nSPS) is 19.8. The van der Waals surface area contributed by atoms with Crippen LogP contribution in [0.1, 0.15) is 10.4 Å². The van der Waals surface area contributed by atoms with Gasteiger partial charge in [0.2, 0.25) is 0 Å². The number of piperazine rings is 1. The minimum atomic E-state index is -0.319. The molecule has 22 heavy (non-hydrogen) atoms. The highest BCUT2D eigenvalue weighted by molar-refractivity contribution is 8.23. The van der Waals surface area contributed by atoms with Gasteiger partial charge in [0, 0.05) is 44.0 Å². The first-order valence-electron chi connectivity index (χ1n) is 7.32. The number of carbonyl (C=O) groups excluding carboxylic acids is 1. The van der Waals surface area contributed by atoms with Gasteiger partial charge in [-0.25, -0.2) is 4.39 Å². The van der Waals surface area contributed by atoms with Crippen LogP contribution in [-0.4, -0.2) is 70.1 Å². The summed E-state index contributed by atoms with van der Waals surface area (Å²) in [5.41, 5.74) is 0.548. The maximum absolute atomic E-state index is 12.9. The largest absolute Gasteiger partial charge is 0.344 e. The van der Waals surface area contributed by atoms with E-state index in [-0.39, 0.29) is 11.7 Å². The molecule has 4 nitrogen and oxygen atoms in total. The van der Waals surface area contributed by atoms with Gasteiger partial charge in [0.05, 0.1) is 6.67 Å². The molecule has 1 aromatic carbocycles. The van der Waals surface area contributed by atoms with Crippen LogP contribution in [-0.2, 0) is 0 Å². The highest BCUT2D eigenvalue weighted by Crippen LogP contribution is 2.18. The first-order valence-corrected chi connectivity index (χ1v) is 8.72. The number of hydrogen-bond acceptors (Lipinski definition) is 4. The molecule has 7 heteroatoms. The Balaban J connectivity index is 1.51. The van der Waals surface area contributed by atoms with Crippen LogP contribution in [0.25, 0.3) is 0 Å². The van der Waals surface area contributed by atoms with Gasteiger partial charge in [0.25, 0.3) is 5.91 Å². The van der Waals surface area contributed by atoms with Crippen molar-refractivity contribution in [2.24, 2.45) is 0 Å².